The number of thiocarbonyl (C=S) groups is 1. The van der Waals surface area contributed by atoms with E-state index in [1.165, 1.54) is 7.11 Å². The topological polar surface area (TPSA) is 45.6 Å². The Hall–Kier alpha value is -0.750. The van der Waals surface area contributed by atoms with Crippen molar-refractivity contribution in [2.24, 2.45) is 4.99 Å². The minimum absolute atomic E-state index is 0.229. The highest BCUT2D eigenvalue weighted by atomic mass is 35.6. The molecule has 0 bridgehead atoms. The van der Waals surface area contributed by atoms with Gasteiger partial charge in [0.2, 0.25) is 9.69 Å². The SMILES string of the molecule is COC(=N[C@@H](NC(=S)NC(C)(C)C)C(Cl)(Cl)Cl)c1ccc(C)cc1. The molecular weight excluding hydrogens is 389 g/mol. The molecule has 0 saturated carbocycles. The van der Waals surface area contributed by atoms with E-state index in [2.05, 4.69) is 15.6 Å². The number of nitrogens with zero attached hydrogens (tertiary/aromatic N) is 1. The quantitative estimate of drug-likeness (QED) is 0.337. The maximum absolute atomic E-state index is 6.05. The number of benzene rings is 1. The highest BCUT2D eigenvalue weighted by Crippen LogP contribution is 2.31. The van der Waals surface area contributed by atoms with Crippen LogP contribution in [0.25, 0.3) is 0 Å². The summed E-state index contributed by atoms with van der Waals surface area (Å²) in [6.07, 6.45) is -0.916. The predicted molar refractivity (Wildman–Crippen MR) is 107 cm³/mol. The van der Waals surface area contributed by atoms with Gasteiger partial charge in [0, 0.05) is 11.1 Å². The Morgan fingerprint density at radius 2 is 1.71 bits per heavy atom. The van der Waals surface area contributed by atoms with Gasteiger partial charge in [-0.1, -0.05) is 52.5 Å². The molecule has 4 nitrogen and oxygen atoms in total. The van der Waals surface area contributed by atoms with Crippen LogP contribution in [0.15, 0.2) is 29.3 Å². The van der Waals surface area contributed by atoms with E-state index < -0.39 is 9.96 Å². The summed E-state index contributed by atoms with van der Waals surface area (Å²) < 4.78 is 3.64. The number of aliphatic imine (C=N–C) groups is 1. The van der Waals surface area contributed by atoms with E-state index in [9.17, 15) is 0 Å². The molecule has 0 fully saturated rings. The van der Waals surface area contributed by atoms with E-state index in [0.717, 1.165) is 11.1 Å². The van der Waals surface area contributed by atoms with Gasteiger partial charge in [-0.25, -0.2) is 4.99 Å². The van der Waals surface area contributed by atoms with Gasteiger partial charge in [-0.3, -0.25) is 0 Å². The molecule has 0 spiro atoms. The summed E-state index contributed by atoms with van der Waals surface area (Å²) in [5, 5.41) is 6.35. The molecule has 0 aliphatic rings. The van der Waals surface area contributed by atoms with Gasteiger partial charge in [-0.05, 0) is 52.0 Å². The Morgan fingerprint density at radius 1 is 1.17 bits per heavy atom. The molecule has 1 rings (SSSR count). The van der Waals surface area contributed by atoms with E-state index in [1.807, 2.05) is 52.0 Å². The molecule has 0 saturated heterocycles. The van der Waals surface area contributed by atoms with Gasteiger partial charge in [-0.2, -0.15) is 0 Å². The standard InChI is InChI=1S/C16H22Cl3N3OS/c1-10-6-8-11(9-7-10)12(23-5)20-13(16(17,18)19)21-14(24)22-15(2,3)4/h6-9,13H,1-5H3,(H2,21,22,24)/t13-/m0/s1. The van der Waals surface area contributed by atoms with E-state index in [-0.39, 0.29) is 5.54 Å². The van der Waals surface area contributed by atoms with Crippen LogP contribution in [0.3, 0.4) is 0 Å². The number of halogens is 3. The van der Waals surface area contributed by atoms with Gasteiger partial charge >= 0.3 is 0 Å². The number of nitrogens with one attached hydrogen (secondary N) is 2. The molecule has 1 aromatic carbocycles. The summed E-state index contributed by atoms with van der Waals surface area (Å²) in [5.74, 6) is 0.345. The third-order valence-corrected chi connectivity index (χ3v) is 3.64. The highest BCUT2D eigenvalue weighted by Gasteiger charge is 2.34. The molecule has 0 unspecified atom stereocenters. The molecule has 0 aliphatic carbocycles. The first-order chi connectivity index (χ1) is 10.9. The van der Waals surface area contributed by atoms with E-state index in [0.29, 0.717) is 11.0 Å². The fourth-order valence-electron chi connectivity index (χ4n) is 1.75. The lowest BCUT2D eigenvalue weighted by Crippen LogP contribution is -2.52. The minimum atomic E-state index is -1.71. The van der Waals surface area contributed by atoms with Crippen molar-refractivity contribution in [2.75, 3.05) is 7.11 Å². The normalized spacial score (nSPS) is 14.1. The highest BCUT2D eigenvalue weighted by molar-refractivity contribution is 7.80. The Balaban J connectivity index is 3.06. The molecule has 2 N–H and O–H groups in total. The molecule has 0 radical (unpaired) electrons. The number of ether oxygens (including phenoxy) is 1. The molecule has 0 heterocycles. The van der Waals surface area contributed by atoms with Crippen LogP contribution in [-0.4, -0.2) is 33.6 Å². The summed E-state index contributed by atoms with van der Waals surface area (Å²) >= 11 is 23.4. The van der Waals surface area contributed by atoms with Crippen molar-refractivity contribution in [3.63, 3.8) is 0 Å². The molecular formula is C16H22Cl3N3OS. The maximum Gasteiger partial charge on any atom is 0.230 e. The Kier molecular flexibility index (Phi) is 7.60. The first-order valence-corrected chi connectivity index (χ1v) is 8.81. The fraction of sp³-hybridized carbons (Fsp3) is 0.500. The van der Waals surface area contributed by atoms with Crippen molar-refractivity contribution >= 4 is 58.0 Å². The number of methoxy groups -OCH3 is 1. The molecule has 24 heavy (non-hydrogen) atoms. The average Bonchev–Trinajstić information content (AvgIpc) is 2.41. The molecule has 134 valence electrons. The van der Waals surface area contributed by atoms with Crippen molar-refractivity contribution in [3.05, 3.63) is 35.4 Å². The Morgan fingerprint density at radius 3 is 2.12 bits per heavy atom. The number of alkyl halides is 3. The lowest BCUT2D eigenvalue weighted by atomic mass is 10.1. The van der Waals surface area contributed by atoms with Crippen LogP contribution < -0.4 is 10.6 Å². The first-order valence-electron chi connectivity index (χ1n) is 7.26. The number of hydrogen-bond donors (Lipinski definition) is 2. The molecule has 1 aromatic rings. The Labute approximate surface area is 163 Å². The van der Waals surface area contributed by atoms with Crippen LogP contribution in [-0.2, 0) is 4.74 Å². The first kappa shape index (κ1) is 21.3. The van der Waals surface area contributed by atoms with Gasteiger partial charge in [0.15, 0.2) is 11.3 Å². The summed E-state index contributed by atoms with van der Waals surface area (Å²) in [6.45, 7) is 7.92. The van der Waals surface area contributed by atoms with Crippen molar-refractivity contribution < 1.29 is 4.74 Å². The number of hydrogen-bond acceptors (Lipinski definition) is 3. The molecule has 8 heteroatoms. The van der Waals surface area contributed by atoms with Crippen LogP contribution in [0.5, 0.6) is 0 Å². The van der Waals surface area contributed by atoms with Crippen LogP contribution >= 0.6 is 47.0 Å². The molecule has 0 aliphatic heterocycles. The average molecular weight is 411 g/mol. The minimum Gasteiger partial charge on any atom is -0.481 e. The predicted octanol–water partition coefficient (Wildman–Crippen LogP) is 4.35. The monoisotopic (exact) mass is 409 g/mol. The molecule has 1 atom stereocenters. The number of rotatable bonds is 3. The summed E-state index contributed by atoms with van der Waals surface area (Å²) in [4.78, 5) is 4.40. The largest absolute Gasteiger partial charge is 0.481 e. The zero-order valence-electron chi connectivity index (χ0n) is 14.3. The fourth-order valence-corrected chi connectivity index (χ4v) is 2.47. The van der Waals surface area contributed by atoms with Crippen molar-refractivity contribution in [1.29, 1.82) is 0 Å². The van der Waals surface area contributed by atoms with Crippen LogP contribution in [0.1, 0.15) is 31.9 Å². The second-order valence-corrected chi connectivity index (χ2v) is 9.07. The van der Waals surface area contributed by atoms with Crippen molar-refractivity contribution in [2.45, 2.75) is 43.2 Å². The van der Waals surface area contributed by atoms with Gasteiger partial charge in [0.05, 0.1) is 7.11 Å². The van der Waals surface area contributed by atoms with Gasteiger partial charge in [0.1, 0.15) is 0 Å². The second-order valence-electron chi connectivity index (χ2n) is 6.30. The summed E-state index contributed by atoms with van der Waals surface area (Å²) in [7, 11) is 1.51. The lowest BCUT2D eigenvalue weighted by molar-refractivity contribution is 0.397. The van der Waals surface area contributed by atoms with Crippen LogP contribution in [0, 0.1) is 6.92 Å². The maximum atomic E-state index is 6.05. The van der Waals surface area contributed by atoms with E-state index in [4.69, 9.17) is 51.8 Å². The zero-order chi connectivity index (χ0) is 18.5. The van der Waals surface area contributed by atoms with E-state index in [1.54, 1.807) is 0 Å². The third-order valence-electron chi connectivity index (χ3n) is 2.80. The van der Waals surface area contributed by atoms with E-state index >= 15 is 0 Å². The summed E-state index contributed by atoms with van der Waals surface area (Å²) in [5.41, 5.74) is 1.67. The van der Waals surface area contributed by atoms with Crippen LogP contribution in [0.2, 0.25) is 0 Å². The van der Waals surface area contributed by atoms with Gasteiger partial charge in [0.25, 0.3) is 0 Å². The second kappa shape index (κ2) is 8.56. The van der Waals surface area contributed by atoms with Crippen molar-refractivity contribution in [1.82, 2.24) is 10.6 Å². The molecule has 0 amide bonds. The number of aryl methyl sites for hydroxylation is 1. The molecule has 0 aromatic heterocycles. The third kappa shape index (κ3) is 7.43. The summed E-state index contributed by atoms with van der Waals surface area (Å²) in [6, 6.07) is 7.68. The zero-order valence-corrected chi connectivity index (χ0v) is 17.4. The smallest absolute Gasteiger partial charge is 0.230 e. The Bertz CT molecular complexity index is 592. The van der Waals surface area contributed by atoms with Crippen LogP contribution in [0.4, 0.5) is 0 Å². The van der Waals surface area contributed by atoms with Gasteiger partial charge in [-0.15, -0.1) is 0 Å². The van der Waals surface area contributed by atoms with Crippen molar-refractivity contribution in [3.8, 4) is 0 Å². The van der Waals surface area contributed by atoms with Gasteiger partial charge < -0.3 is 15.4 Å². The lowest BCUT2D eigenvalue weighted by Gasteiger charge is -2.28.